The van der Waals surface area contributed by atoms with Gasteiger partial charge >= 0.3 is 6.18 Å². The van der Waals surface area contributed by atoms with Gasteiger partial charge in [0.05, 0.1) is 11.7 Å². The van der Waals surface area contributed by atoms with E-state index in [9.17, 15) is 22.4 Å². The van der Waals surface area contributed by atoms with E-state index in [4.69, 9.17) is 0 Å². The number of carbonyl (C=O) groups excluding carboxylic acids is 1. The summed E-state index contributed by atoms with van der Waals surface area (Å²) in [6, 6.07) is 14.8. The predicted octanol–water partition coefficient (Wildman–Crippen LogP) is 6.41. The van der Waals surface area contributed by atoms with Crippen LogP contribution in [0.1, 0.15) is 55.4 Å². The molecule has 2 heterocycles. The number of hydrogen-bond donors (Lipinski definition) is 0. The Balaban J connectivity index is 1.67. The molecule has 0 spiro atoms. The summed E-state index contributed by atoms with van der Waals surface area (Å²) in [5.74, 6) is -2.21. The van der Waals surface area contributed by atoms with Crippen LogP contribution in [0.25, 0.3) is 0 Å². The summed E-state index contributed by atoms with van der Waals surface area (Å²) in [6.45, 7) is 5.49. The molecular weight excluding hydrogens is 446 g/mol. The van der Waals surface area contributed by atoms with Crippen molar-refractivity contribution in [3.63, 3.8) is 0 Å². The topological polar surface area (TPSA) is 46.1 Å². The van der Waals surface area contributed by atoms with E-state index in [1.54, 1.807) is 30.9 Å². The fourth-order valence-electron chi connectivity index (χ4n) is 4.60. The molecule has 3 aromatic rings. The second-order valence-electron chi connectivity index (χ2n) is 9.40. The normalized spacial score (nSPS) is 19.0. The van der Waals surface area contributed by atoms with Crippen molar-refractivity contribution in [3.8, 4) is 0 Å². The highest BCUT2D eigenvalue weighted by Gasteiger charge is 2.44. The lowest BCUT2D eigenvalue weighted by Gasteiger charge is -2.27. The van der Waals surface area contributed by atoms with E-state index in [2.05, 4.69) is 9.97 Å². The number of benzene rings is 2. The number of alkyl halides is 3. The SMILES string of the molecule is Cc1ccc(N2C(=O)[C@H](CC(C)(C)c3ccnc(C(F)(F)F)n3)C[C@@H]2c2cccc(F)c2)cc1. The molecule has 178 valence electrons. The first kappa shape index (κ1) is 23.9. The molecular formula is C26H25F4N3O. The maximum atomic E-state index is 14.0. The highest BCUT2D eigenvalue weighted by Crippen LogP contribution is 2.44. The molecule has 8 heteroatoms. The van der Waals surface area contributed by atoms with Gasteiger partial charge in [-0.25, -0.2) is 14.4 Å². The van der Waals surface area contributed by atoms with Crippen LogP contribution < -0.4 is 4.90 Å². The summed E-state index contributed by atoms with van der Waals surface area (Å²) in [7, 11) is 0. The van der Waals surface area contributed by atoms with Crippen LogP contribution in [0.3, 0.4) is 0 Å². The minimum Gasteiger partial charge on any atom is -0.305 e. The first-order chi connectivity index (χ1) is 16.0. The zero-order valence-electron chi connectivity index (χ0n) is 19.1. The summed E-state index contributed by atoms with van der Waals surface area (Å²) in [6.07, 6.45) is -2.86. The van der Waals surface area contributed by atoms with Gasteiger partial charge in [-0.2, -0.15) is 13.2 Å². The number of hydrogen-bond acceptors (Lipinski definition) is 3. The molecule has 0 N–H and O–H groups in total. The number of amides is 1. The molecule has 1 amide bonds. The zero-order valence-corrected chi connectivity index (χ0v) is 19.1. The Kier molecular flexibility index (Phi) is 6.18. The molecule has 1 saturated heterocycles. The van der Waals surface area contributed by atoms with Crippen molar-refractivity contribution < 1.29 is 22.4 Å². The van der Waals surface area contributed by atoms with E-state index in [1.165, 1.54) is 18.2 Å². The second-order valence-corrected chi connectivity index (χ2v) is 9.40. The maximum absolute atomic E-state index is 14.0. The molecule has 0 saturated carbocycles. The lowest BCUT2D eigenvalue weighted by atomic mass is 9.78. The smallest absolute Gasteiger partial charge is 0.305 e. The highest BCUT2D eigenvalue weighted by atomic mass is 19.4. The number of carbonyl (C=O) groups is 1. The van der Waals surface area contributed by atoms with Gasteiger partial charge in [0.15, 0.2) is 0 Å². The van der Waals surface area contributed by atoms with Gasteiger partial charge in [-0.3, -0.25) is 4.79 Å². The van der Waals surface area contributed by atoms with E-state index in [-0.39, 0.29) is 24.1 Å². The van der Waals surface area contributed by atoms with Crippen molar-refractivity contribution in [2.75, 3.05) is 4.90 Å². The van der Waals surface area contributed by atoms with E-state index in [0.717, 1.165) is 11.8 Å². The fourth-order valence-corrected chi connectivity index (χ4v) is 4.60. The van der Waals surface area contributed by atoms with Gasteiger partial charge in [0.25, 0.3) is 0 Å². The van der Waals surface area contributed by atoms with Gasteiger partial charge in [-0.05, 0) is 55.7 Å². The molecule has 2 aromatic carbocycles. The molecule has 2 atom stereocenters. The Morgan fingerprint density at radius 2 is 1.76 bits per heavy atom. The molecule has 34 heavy (non-hydrogen) atoms. The standard InChI is InChI=1S/C26H25F4N3O/c1-16-7-9-20(10-8-16)33-21(17-5-4-6-19(27)13-17)14-18(23(33)34)15-25(2,3)22-11-12-31-24(32-22)26(28,29)30/h4-13,18,21H,14-15H2,1-3H3/t18-,21+/m0/s1. The van der Waals surface area contributed by atoms with Crippen LogP contribution in [0.2, 0.25) is 0 Å². The van der Waals surface area contributed by atoms with Crippen LogP contribution in [0.4, 0.5) is 23.2 Å². The van der Waals surface area contributed by atoms with Crippen LogP contribution in [0, 0.1) is 18.7 Å². The number of aryl methyl sites for hydroxylation is 1. The van der Waals surface area contributed by atoms with E-state index in [1.807, 2.05) is 31.2 Å². The minimum atomic E-state index is -4.65. The van der Waals surface area contributed by atoms with Crippen molar-refractivity contribution in [1.29, 1.82) is 0 Å². The Bertz CT molecular complexity index is 1190. The maximum Gasteiger partial charge on any atom is 0.451 e. The Labute approximate surface area is 195 Å². The number of halogens is 4. The summed E-state index contributed by atoms with van der Waals surface area (Å²) in [4.78, 5) is 22.4. The lowest BCUT2D eigenvalue weighted by Crippen LogP contribution is -2.32. The van der Waals surface area contributed by atoms with Gasteiger partial charge in [0.1, 0.15) is 5.82 Å². The number of aromatic nitrogens is 2. The van der Waals surface area contributed by atoms with Crippen molar-refractivity contribution in [2.45, 2.75) is 51.2 Å². The highest BCUT2D eigenvalue weighted by molar-refractivity contribution is 5.98. The van der Waals surface area contributed by atoms with Crippen LogP contribution in [-0.2, 0) is 16.4 Å². The van der Waals surface area contributed by atoms with Crippen LogP contribution in [0.15, 0.2) is 60.8 Å². The summed E-state index contributed by atoms with van der Waals surface area (Å²) in [5.41, 5.74) is 1.82. The van der Waals surface area contributed by atoms with E-state index < -0.39 is 29.2 Å². The molecule has 0 bridgehead atoms. The number of anilines is 1. The van der Waals surface area contributed by atoms with E-state index in [0.29, 0.717) is 17.7 Å². The summed E-state index contributed by atoms with van der Waals surface area (Å²) < 4.78 is 53.5. The molecule has 4 rings (SSSR count). The fraction of sp³-hybridized carbons (Fsp3) is 0.346. The van der Waals surface area contributed by atoms with Crippen molar-refractivity contribution in [1.82, 2.24) is 9.97 Å². The van der Waals surface area contributed by atoms with Crippen molar-refractivity contribution >= 4 is 11.6 Å². The second kappa shape index (κ2) is 8.81. The van der Waals surface area contributed by atoms with Crippen molar-refractivity contribution in [2.24, 2.45) is 5.92 Å². The molecule has 1 aromatic heterocycles. The number of nitrogens with zero attached hydrogens (tertiary/aromatic N) is 3. The summed E-state index contributed by atoms with van der Waals surface area (Å²) >= 11 is 0. The van der Waals surface area contributed by atoms with Crippen LogP contribution >= 0.6 is 0 Å². The van der Waals surface area contributed by atoms with Gasteiger partial charge in [0.2, 0.25) is 11.7 Å². The van der Waals surface area contributed by atoms with Gasteiger partial charge in [-0.1, -0.05) is 43.7 Å². The zero-order chi connectivity index (χ0) is 24.7. The largest absolute Gasteiger partial charge is 0.451 e. The quantitative estimate of drug-likeness (QED) is 0.404. The van der Waals surface area contributed by atoms with E-state index >= 15 is 0 Å². The van der Waals surface area contributed by atoms with Gasteiger partial charge in [0, 0.05) is 23.2 Å². The Hall–Kier alpha value is -3.29. The van der Waals surface area contributed by atoms with Crippen LogP contribution in [-0.4, -0.2) is 15.9 Å². The summed E-state index contributed by atoms with van der Waals surface area (Å²) in [5, 5.41) is 0. The van der Waals surface area contributed by atoms with Crippen LogP contribution in [0.5, 0.6) is 0 Å². The molecule has 1 fully saturated rings. The lowest BCUT2D eigenvalue weighted by molar-refractivity contribution is -0.145. The first-order valence-corrected chi connectivity index (χ1v) is 11.0. The molecule has 1 aliphatic rings. The molecule has 0 aliphatic carbocycles. The first-order valence-electron chi connectivity index (χ1n) is 11.0. The predicted molar refractivity (Wildman–Crippen MR) is 121 cm³/mol. The third-order valence-corrected chi connectivity index (χ3v) is 6.31. The van der Waals surface area contributed by atoms with Gasteiger partial charge < -0.3 is 4.90 Å². The molecule has 0 unspecified atom stereocenters. The monoisotopic (exact) mass is 471 g/mol. The average Bonchev–Trinajstić information content (AvgIpc) is 3.09. The average molecular weight is 471 g/mol. The van der Waals surface area contributed by atoms with Gasteiger partial charge in [-0.15, -0.1) is 0 Å². The third-order valence-electron chi connectivity index (χ3n) is 6.31. The molecule has 0 radical (unpaired) electrons. The molecule has 1 aliphatic heterocycles. The number of rotatable bonds is 5. The minimum absolute atomic E-state index is 0.142. The van der Waals surface area contributed by atoms with Crippen molar-refractivity contribution in [3.05, 3.63) is 89.3 Å². The Morgan fingerprint density at radius 3 is 2.41 bits per heavy atom. The Morgan fingerprint density at radius 1 is 1.06 bits per heavy atom. The molecule has 4 nitrogen and oxygen atoms in total. The third kappa shape index (κ3) is 4.81.